The topological polar surface area (TPSA) is 54.9 Å². The summed E-state index contributed by atoms with van der Waals surface area (Å²) in [5.41, 5.74) is 1.27. The lowest BCUT2D eigenvalue weighted by molar-refractivity contribution is 0.123. The number of rotatable bonds is 10. The van der Waals surface area contributed by atoms with Crippen LogP contribution < -0.4 is 15.4 Å². The normalized spacial score (nSPS) is 14.5. The minimum absolute atomic E-state index is 0. The Hall–Kier alpha value is -1.02. The molecule has 0 bridgehead atoms. The number of methoxy groups -OCH3 is 1. The second kappa shape index (κ2) is 11.6. The van der Waals surface area contributed by atoms with Crippen molar-refractivity contribution in [1.82, 2.24) is 10.6 Å². The van der Waals surface area contributed by atoms with Gasteiger partial charge in [-0.15, -0.1) is 24.0 Å². The van der Waals surface area contributed by atoms with Gasteiger partial charge in [0.2, 0.25) is 0 Å². The van der Waals surface area contributed by atoms with Gasteiger partial charge in [0, 0.05) is 38.8 Å². The van der Waals surface area contributed by atoms with Gasteiger partial charge >= 0.3 is 0 Å². The SMILES string of the molecule is CN=C(NCCCOCC1CC1)NCC(C)(C)c1ccc(OC)cc1.I. The van der Waals surface area contributed by atoms with Crippen LogP contribution in [-0.2, 0) is 10.2 Å². The van der Waals surface area contributed by atoms with E-state index >= 15 is 0 Å². The Morgan fingerprint density at radius 1 is 1.19 bits per heavy atom. The van der Waals surface area contributed by atoms with Crippen molar-refractivity contribution in [3.63, 3.8) is 0 Å². The van der Waals surface area contributed by atoms with Crippen LogP contribution in [0, 0.1) is 5.92 Å². The van der Waals surface area contributed by atoms with Gasteiger partial charge in [0.05, 0.1) is 7.11 Å². The van der Waals surface area contributed by atoms with E-state index in [9.17, 15) is 0 Å². The molecule has 0 saturated heterocycles. The van der Waals surface area contributed by atoms with E-state index in [1.165, 1.54) is 18.4 Å². The van der Waals surface area contributed by atoms with Gasteiger partial charge in [-0.3, -0.25) is 4.99 Å². The molecular weight excluding hydrogens is 441 g/mol. The fourth-order valence-corrected chi connectivity index (χ4v) is 2.59. The van der Waals surface area contributed by atoms with E-state index in [1.54, 1.807) is 14.2 Å². The predicted octanol–water partition coefficient (Wildman–Crippen LogP) is 3.57. The highest BCUT2D eigenvalue weighted by atomic mass is 127. The van der Waals surface area contributed by atoms with Crippen LogP contribution in [0.25, 0.3) is 0 Å². The molecule has 0 atom stereocenters. The van der Waals surface area contributed by atoms with E-state index in [0.29, 0.717) is 0 Å². The van der Waals surface area contributed by atoms with Crippen molar-refractivity contribution in [3.8, 4) is 5.75 Å². The highest BCUT2D eigenvalue weighted by molar-refractivity contribution is 14.0. The Labute approximate surface area is 175 Å². The van der Waals surface area contributed by atoms with Crippen molar-refractivity contribution in [2.45, 2.75) is 38.5 Å². The quantitative estimate of drug-likeness (QED) is 0.235. The smallest absolute Gasteiger partial charge is 0.191 e. The highest BCUT2D eigenvalue weighted by Crippen LogP contribution is 2.28. The molecule has 0 aromatic heterocycles. The molecule has 0 unspecified atom stereocenters. The number of hydrogen-bond acceptors (Lipinski definition) is 3. The zero-order valence-corrected chi connectivity index (χ0v) is 18.8. The van der Waals surface area contributed by atoms with Crippen molar-refractivity contribution in [3.05, 3.63) is 29.8 Å². The van der Waals surface area contributed by atoms with E-state index in [2.05, 4.69) is 41.6 Å². The Morgan fingerprint density at radius 2 is 1.88 bits per heavy atom. The number of hydrogen-bond donors (Lipinski definition) is 2. The first-order chi connectivity index (χ1) is 12.0. The van der Waals surface area contributed by atoms with Crippen molar-refractivity contribution in [2.75, 3.05) is 40.5 Å². The van der Waals surface area contributed by atoms with E-state index in [0.717, 1.165) is 50.4 Å². The van der Waals surface area contributed by atoms with Gasteiger partial charge in [-0.1, -0.05) is 26.0 Å². The second-order valence-corrected chi connectivity index (χ2v) is 7.34. The molecule has 1 aliphatic carbocycles. The van der Waals surface area contributed by atoms with Crippen LogP contribution in [0.2, 0.25) is 0 Å². The molecule has 0 radical (unpaired) electrons. The van der Waals surface area contributed by atoms with Gasteiger partial charge in [-0.05, 0) is 42.9 Å². The molecule has 2 rings (SSSR count). The molecule has 1 aliphatic rings. The summed E-state index contributed by atoms with van der Waals surface area (Å²) in [6.45, 7) is 7.87. The van der Waals surface area contributed by atoms with Crippen LogP contribution in [0.1, 0.15) is 38.7 Å². The second-order valence-electron chi connectivity index (χ2n) is 7.34. The van der Waals surface area contributed by atoms with Crippen LogP contribution in [0.5, 0.6) is 5.75 Å². The summed E-state index contributed by atoms with van der Waals surface area (Å²) in [7, 11) is 3.49. The Kier molecular flexibility index (Phi) is 10.3. The molecule has 2 N–H and O–H groups in total. The van der Waals surface area contributed by atoms with Crippen molar-refractivity contribution in [2.24, 2.45) is 10.9 Å². The summed E-state index contributed by atoms with van der Waals surface area (Å²) in [5.74, 6) is 2.56. The molecule has 0 aliphatic heterocycles. The molecule has 0 amide bonds. The van der Waals surface area contributed by atoms with Crippen LogP contribution in [0.4, 0.5) is 0 Å². The van der Waals surface area contributed by atoms with E-state index in [4.69, 9.17) is 9.47 Å². The first kappa shape index (κ1) is 23.0. The van der Waals surface area contributed by atoms with Gasteiger partial charge in [-0.2, -0.15) is 0 Å². The van der Waals surface area contributed by atoms with Crippen molar-refractivity contribution in [1.29, 1.82) is 0 Å². The first-order valence-electron chi connectivity index (χ1n) is 9.22. The summed E-state index contributed by atoms with van der Waals surface area (Å²) in [5, 5.41) is 6.78. The summed E-state index contributed by atoms with van der Waals surface area (Å²) >= 11 is 0. The van der Waals surface area contributed by atoms with Crippen LogP contribution >= 0.6 is 24.0 Å². The van der Waals surface area contributed by atoms with E-state index < -0.39 is 0 Å². The summed E-state index contributed by atoms with van der Waals surface area (Å²) in [6.07, 6.45) is 3.69. The van der Waals surface area contributed by atoms with Gasteiger partial charge < -0.3 is 20.1 Å². The predicted molar refractivity (Wildman–Crippen MR) is 119 cm³/mol. The zero-order valence-electron chi connectivity index (χ0n) is 16.5. The standard InChI is InChI=1S/C20H33N3O2.HI/c1-20(2,17-8-10-18(24-4)11-9-17)15-23-19(21-3)22-12-5-13-25-14-16-6-7-16;/h8-11,16H,5-7,12-15H2,1-4H3,(H2,21,22,23);1H. The minimum Gasteiger partial charge on any atom is -0.497 e. The average Bonchev–Trinajstić information content (AvgIpc) is 3.45. The fraction of sp³-hybridized carbons (Fsp3) is 0.650. The highest BCUT2D eigenvalue weighted by Gasteiger charge is 2.21. The van der Waals surface area contributed by atoms with Gasteiger partial charge in [0.25, 0.3) is 0 Å². The monoisotopic (exact) mass is 475 g/mol. The van der Waals surface area contributed by atoms with Crippen LogP contribution in [0.15, 0.2) is 29.3 Å². The molecule has 1 aromatic carbocycles. The lowest BCUT2D eigenvalue weighted by atomic mass is 9.84. The molecule has 0 spiro atoms. The maximum atomic E-state index is 5.65. The number of nitrogens with zero attached hydrogens (tertiary/aromatic N) is 1. The molecule has 0 heterocycles. The van der Waals surface area contributed by atoms with Crippen LogP contribution in [0.3, 0.4) is 0 Å². The summed E-state index contributed by atoms with van der Waals surface area (Å²) in [6, 6.07) is 8.25. The number of ether oxygens (including phenoxy) is 2. The maximum absolute atomic E-state index is 5.65. The van der Waals surface area contributed by atoms with Gasteiger partial charge in [0.15, 0.2) is 5.96 Å². The third kappa shape index (κ3) is 8.12. The van der Waals surface area contributed by atoms with E-state index in [1.807, 2.05) is 12.1 Å². The van der Waals surface area contributed by atoms with Crippen molar-refractivity contribution < 1.29 is 9.47 Å². The third-order valence-electron chi connectivity index (χ3n) is 4.60. The lowest BCUT2D eigenvalue weighted by Gasteiger charge is -2.27. The lowest BCUT2D eigenvalue weighted by Crippen LogP contribution is -2.43. The Morgan fingerprint density at radius 3 is 2.46 bits per heavy atom. The Bertz CT molecular complexity index is 542. The number of halogens is 1. The molecule has 1 aromatic rings. The van der Waals surface area contributed by atoms with Gasteiger partial charge in [-0.25, -0.2) is 0 Å². The van der Waals surface area contributed by atoms with Gasteiger partial charge in [0.1, 0.15) is 5.75 Å². The Balaban J connectivity index is 0.00000338. The summed E-state index contributed by atoms with van der Waals surface area (Å²) in [4.78, 5) is 4.30. The zero-order chi connectivity index (χ0) is 18.1. The number of guanidine groups is 1. The molecule has 1 fully saturated rings. The molecule has 148 valence electrons. The molecule has 6 heteroatoms. The minimum atomic E-state index is -0.00271. The third-order valence-corrected chi connectivity index (χ3v) is 4.60. The first-order valence-corrected chi connectivity index (χ1v) is 9.22. The largest absolute Gasteiger partial charge is 0.497 e. The van der Waals surface area contributed by atoms with Crippen LogP contribution in [-0.4, -0.2) is 46.4 Å². The number of aliphatic imine (C=N–C) groups is 1. The average molecular weight is 475 g/mol. The molecule has 5 nitrogen and oxygen atoms in total. The molecule has 26 heavy (non-hydrogen) atoms. The van der Waals surface area contributed by atoms with Crippen molar-refractivity contribution >= 4 is 29.9 Å². The number of nitrogens with one attached hydrogen (secondary N) is 2. The molecule has 1 saturated carbocycles. The van der Waals surface area contributed by atoms with E-state index in [-0.39, 0.29) is 29.4 Å². The fourth-order valence-electron chi connectivity index (χ4n) is 2.59. The summed E-state index contributed by atoms with van der Waals surface area (Å²) < 4.78 is 10.9. The maximum Gasteiger partial charge on any atom is 0.191 e. The molecular formula is C20H34IN3O2. The number of benzene rings is 1.